The molecule has 0 unspecified atom stereocenters. The third-order valence-electron chi connectivity index (χ3n) is 10.1. The van der Waals surface area contributed by atoms with E-state index in [1.54, 1.807) is 12.1 Å². The smallest absolute Gasteiger partial charge is 0.294 e. The molecular weight excluding hydrogens is 707 g/mol. The zero-order chi connectivity index (χ0) is 37.8. The SMILES string of the molecule is CCN1/C(=C/C=C/C2=[N+](CCCCCC(=O)CCCN3C(=O)C=CC3=O)c3ccc(SOOO)cc3C2(C)C)C(C)(C)c2cc(S(=O)(=O)O)ccc21. The highest BCUT2D eigenvalue weighted by Gasteiger charge is 2.45. The molecule has 0 radical (unpaired) electrons. The van der Waals surface area contributed by atoms with Crippen molar-refractivity contribution < 1.29 is 46.6 Å². The van der Waals surface area contributed by atoms with Crippen molar-refractivity contribution in [2.45, 2.75) is 93.8 Å². The minimum Gasteiger partial charge on any atom is -0.344 e. The van der Waals surface area contributed by atoms with Gasteiger partial charge in [-0.25, -0.2) is 5.26 Å². The van der Waals surface area contributed by atoms with E-state index in [0.29, 0.717) is 32.4 Å². The number of Topliss-reactive ketones (excluding diaryl/α,β-unsaturated/α-hetero) is 1. The number of fused-ring (bicyclic) bond motifs is 2. The molecule has 0 bridgehead atoms. The van der Waals surface area contributed by atoms with Crippen molar-refractivity contribution in [3.05, 3.63) is 83.6 Å². The van der Waals surface area contributed by atoms with E-state index in [1.807, 2.05) is 45.0 Å². The number of amides is 2. The van der Waals surface area contributed by atoms with Gasteiger partial charge in [0.1, 0.15) is 12.3 Å². The largest absolute Gasteiger partial charge is 0.344 e. The highest BCUT2D eigenvalue weighted by atomic mass is 32.2. The molecule has 0 saturated carbocycles. The molecule has 0 atom stereocenters. The standard InChI is InChI=1S/C38H45N3O9S2/c1-6-39-31-19-17-28(52(46,47)48)25-30(31)38(4,5)33(39)14-10-15-34-37(2,3)29-24-27(51-50-49-45)16-18-32(29)40(34)22-9-7-8-12-26(42)13-11-23-41-35(43)20-21-36(41)44/h10,14-21,24-25H,6-9,11-13,22-23H2,1-5H3,(H-,45,46,47,48)/p+1. The van der Waals surface area contributed by atoms with Crippen LogP contribution in [0.2, 0.25) is 0 Å². The molecule has 0 saturated heterocycles. The maximum absolute atomic E-state index is 12.5. The van der Waals surface area contributed by atoms with Gasteiger partial charge in [0.2, 0.25) is 5.69 Å². The van der Waals surface area contributed by atoms with Crippen molar-refractivity contribution in [1.29, 1.82) is 0 Å². The first kappa shape index (κ1) is 39.3. The summed E-state index contributed by atoms with van der Waals surface area (Å²) in [4.78, 5) is 40.0. The van der Waals surface area contributed by atoms with Crippen LogP contribution in [-0.4, -0.2) is 70.6 Å². The van der Waals surface area contributed by atoms with E-state index in [2.05, 4.69) is 40.5 Å². The van der Waals surface area contributed by atoms with Crippen LogP contribution in [0.5, 0.6) is 0 Å². The number of unbranched alkanes of at least 4 members (excludes halogenated alkanes) is 2. The van der Waals surface area contributed by atoms with Crippen molar-refractivity contribution in [3.63, 3.8) is 0 Å². The van der Waals surface area contributed by atoms with Crippen LogP contribution >= 0.6 is 12.0 Å². The molecule has 0 aliphatic carbocycles. The van der Waals surface area contributed by atoms with Gasteiger partial charge in [-0.15, -0.1) is 4.33 Å². The lowest BCUT2D eigenvalue weighted by Gasteiger charge is -2.25. The highest BCUT2D eigenvalue weighted by Crippen LogP contribution is 2.48. The van der Waals surface area contributed by atoms with Gasteiger partial charge in [0.25, 0.3) is 21.9 Å². The Labute approximate surface area is 309 Å². The highest BCUT2D eigenvalue weighted by molar-refractivity contribution is 7.94. The van der Waals surface area contributed by atoms with Crippen LogP contribution in [0.1, 0.15) is 84.3 Å². The molecule has 2 N–H and O–H groups in total. The molecule has 3 aliphatic heterocycles. The minimum absolute atomic E-state index is 0.120. The van der Waals surface area contributed by atoms with E-state index in [-0.39, 0.29) is 29.0 Å². The number of imide groups is 1. The van der Waals surface area contributed by atoms with Gasteiger partial charge in [-0.3, -0.25) is 23.8 Å². The lowest BCUT2D eigenvalue weighted by Crippen LogP contribution is -2.31. The summed E-state index contributed by atoms with van der Waals surface area (Å²) >= 11 is 0.906. The van der Waals surface area contributed by atoms with E-state index in [4.69, 9.17) is 9.59 Å². The van der Waals surface area contributed by atoms with Gasteiger partial charge in [0.15, 0.2) is 5.71 Å². The first-order chi connectivity index (χ1) is 24.6. The van der Waals surface area contributed by atoms with E-state index in [1.165, 1.54) is 18.2 Å². The third-order valence-corrected chi connectivity index (χ3v) is 11.5. The van der Waals surface area contributed by atoms with Gasteiger partial charge < -0.3 is 4.90 Å². The molecule has 0 fully saturated rings. The number of carbonyl (C=O) groups excluding carboxylic acids is 3. The molecular formula is C38H46N3O9S2+. The van der Waals surface area contributed by atoms with Gasteiger partial charge in [0, 0.05) is 83.9 Å². The third kappa shape index (κ3) is 8.17. The van der Waals surface area contributed by atoms with E-state index >= 15 is 0 Å². The van der Waals surface area contributed by atoms with Gasteiger partial charge in [-0.1, -0.05) is 25.0 Å². The zero-order valence-corrected chi connectivity index (χ0v) is 31.8. The molecule has 0 aromatic heterocycles. The predicted molar refractivity (Wildman–Crippen MR) is 198 cm³/mol. The fraction of sp³-hybridized carbons (Fsp3) is 0.421. The summed E-state index contributed by atoms with van der Waals surface area (Å²) in [5.41, 5.74) is 4.96. The number of ketones is 1. The summed E-state index contributed by atoms with van der Waals surface area (Å²) in [6, 6.07) is 10.7. The van der Waals surface area contributed by atoms with Gasteiger partial charge in [-0.05, 0) is 82.0 Å². The van der Waals surface area contributed by atoms with Crippen molar-refractivity contribution in [3.8, 4) is 0 Å². The summed E-state index contributed by atoms with van der Waals surface area (Å²) in [6.07, 6.45) is 12.3. The number of benzene rings is 2. The van der Waals surface area contributed by atoms with E-state index in [0.717, 1.165) is 75.0 Å². The Kier molecular flexibility index (Phi) is 12.1. The number of hydrogen-bond donors (Lipinski definition) is 2. The van der Waals surface area contributed by atoms with Gasteiger partial charge in [0.05, 0.1) is 22.4 Å². The Bertz CT molecular complexity index is 1960. The summed E-state index contributed by atoms with van der Waals surface area (Å²) in [5.74, 6) is -0.543. The quantitative estimate of drug-likeness (QED) is 0.0333. The van der Waals surface area contributed by atoms with Crippen LogP contribution in [0.4, 0.5) is 11.4 Å². The van der Waals surface area contributed by atoms with Crippen LogP contribution in [0.25, 0.3) is 0 Å². The fourth-order valence-electron chi connectivity index (χ4n) is 7.37. The zero-order valence-electron chi connectivity index (χ0n) is 30.1. The molecule has 3 aliphatic rings. The first-order valence-corrected chi connectivity index (χ1v) is 19.6. The van der Waals surface area contributed by atoms with E-state index in [9.17, 15) is 27.4 Å². The van der Waals surface area contributed by atoms with Gasteiger partial charge in [-0.2, -0.15) is 13.0 Å². The molecule has 12 nitrogen and oxygen atoms in total. The van der Waals surface area contributed by atoms with Crippen LogP contribution in [0.3, 0.4) is 0 Å². The maximum Gasteiger partial charge on any atom is 0.294 e. The summed E-state index contributed by atoms with van der Waals surface area (Å²) < 4.78 is 40.6. The number of rotatable bonds is 17. The Hall–Kier alpha value is -3.92. The topological polar surface area (TPSA) is 154 Å². The average molecular weight is 753 g/mol. The molecule has 2 aromatic carbocycles. The minimum atomic E-state index is -4.35. The molecule has 52 heavy (non-hydrogen) atoms. The van der Waals surface area contributed by atoms with Crippen molar-refractivity contribution in [2.24, 2.45) is 0 Å². The maximum atomic E-state index is 12.5. The average Bonchev–Trinajstić information content (AvgIpc) is 3.61. The Balaban J connectivity index is 1.32. The number of carbonyl (C=O) groups is 3. The molecule has 3 heterocycles. The summed E-state index contributed by atoms with van der Waals surface area (Å²) in [7, 11) is -4.35. The number of hydrogen-bond acceptors (Lipinski definition) is 10. The lowest BCUT2D eigenvalue weighted by atomic mass is 9.81. The molecule has 2 aromatic rings. The second-order valence-corrected chi connectivity index (χ2v) is 16.3. The number of anilines is 1. The van der Waals surface area contributed by atoms with Crippen LogP contribution in [0.15, 0.2) is 82.3 Å². The molecule has 5 rings (SSSR count). The second kappa shape index (κ2) is 16.0. The normalized spacial score (nSPS) is 18.4. The summed E-state index contributed by atoms with van der Waals surface area (Å²) in [6.45, 7) is 12.1. The number of allylic oxidation sites excluding steroid dienone is 4. The molecule has 14 heteroatoms. The van der Waals surface area contributed by atoms with Crippen molar-refractivity contribution >= 4 is 56.8 Å². The van der Waals surface area contributed by atoms with Gasteiger partial charge >= 0.3 is 0 Å². The summed E-state index contributed by atoms with van der Waals surface area (Å²) in [5, 5.41) is 12.5. The predicted octanol–water partition coefficient (Wildman–Crippen LogP) is 6.83. The molecule has 278 valence electrons. The number of nitrogens with zero attached hydrogens (tertiary/aromatic N) is 3. The first-order valence-electron chi connectivity index (χ1n) is 17.4. The van der Waals surface area contributed by atoms with E-state index < -0.39 is 20.9 Å². The Morgan fingerprint density at radius 3 is 2.31 bits per heavy atom. The Morgan fingerprint density at radius 1 is 0.923 bits per heavy atom. The second-order valence-electron chi connectivity index (χ2n) is 14.1. The number of likely N-dealkylation sites (N-methyl/N-ethyl adjacent to an activating group) is 1. The Morgan fingerprint density at radius 2 is 1.63 bits per heavy atom. The monoisotopic (exact) mass is 752 g/mol. The molecule has 2 amide bonds. The van der Waals surface area contributed by atoms with Crippen LogP contribution < -0.4 is 4.90 Å². The fourth-order valence-corrected chi connectivity index (χ4v) is 8.27. The van der Waals surface area contributed by atoms with Crippen molar-refractivity contribution in [1.82, 2.24) is 4.90 Å². The lowest BCUT2D eigenvalue weighted by molar-refractivity contribution is -0.438. The molecule has 0 spiro atoms. The van der Waals surface area contributed by atoms with Crippen LogP contribution in [-0.2, 0) is 44.7 Å². The van der Waals surface area contributed by atoms with Crippen LogP contribution in [0, 0.1) is 0 Å². The van der Waals surface area contributed by atoms with Crippen molar-refractivity contribution in [2.75, 3.05) is 24.5 Å².